The van der Waals surface area contributed by atoms with Crippen LogP contribution in [0.3, 0.4) is 0 Å². The predicted molar refractivity (Wildman–Crippen MR) is 22.9 cm³/mol. The summed E-state index contributed by atoms with van der Waals surface area (Å²) in [7, 11) is -10.9. The third-order valence-electron chi connectivity index (χ3n) is 0. The number of hydrogen-bond acceptors (Lipinski definition) is 9. The zero-order valence-electron chi connectivity index (χ0n) is 6.38. The van der Waals surface area contributed by atoms with Crippen molar-refractivity contribution in [3.8, 4) is 0 Å². The molecule has 0 unspecified atom stereocenters. The number of hydrogen-bond donors (Lipinski definition) is 0. The summed E-state index contributed by atoms with van der Waals surface area (Å²) in [5, 5.41) is 0. The fourth-order valence-electron chi connectivity index (χ4n) is 0. The van der Waals surface area contributed by atoms with Gasteiger partial charge in [-0.15, -0.1) is 0 Å². The summed E-state index contributed by atoms with van der Waals surface area (Å²) in [6, 6.07) is 0. The molecule has 0 aromatic carbocycles. The van der Waals surface area contributed by atoms with Crippen molar-refractivity contribution in [1.29, 1.82) is 0 Å². The van der Waals surface area contributed by atoms with E-state index in [0.717, 1.165) is 0 Å². The summed E-state index contributed by atoms with van der Waals surface area (Å²) in [5.74, 6) is 0. The molecule has 0 aliphatic rings. The van der Waals surface area contributed by atoms with Crippen LogP contribution in [0.15, 0.2) is 0 Å². The summed E-state index contributed by atoms with van der Waals surface area (Å²) in [6.45, 7) is 0. The summed E-state index contributed by atoms with van der Waals surface area (Å²) >= 11 is 0. The minimum absolute atomic E-state index is 0. The standard InChI is InChI=1S/2Fe.3O3Si.H2O/c;;3*1-4(2)3;/h;;;;;1H2/q2*+3;3*-2;. The van der Waals surface area contributed by atoms with Gasteiger partial charge < -0.3 is 47.6 Å². The van der Waals surface area contributed by atoms with Gasteiger partial charge in [0.15, 0.2) is 0 Å². The molecule has 0 amide bonds. The Kier molecular flexibility index (Phi) is 70.8. The van der Waals surface area contributed by atoms with E-state index in [2.05, 4.69) is 0 Å². The van der Waals surface area contributed by atoms with Gasteiger partial charge in [-0.3, -0.25) is 0 Å². The molecule has 90 valence electrons. The molecule has 0 rings (SSSR count). The van der Waals surface area contributed by atoms with Crippen LogP contribution in [0.1, 0.15) is 0 Å². The van der Waals surface area contributed by atoms with Crippen molar-refractivity contribution in [2.45, 2.75) is 0 Å². The van der Waals surface area contributed by atoms with Crippen molar-refractivity contribution >= 4 is 27.5 Å². The van der Waals surface area contributed by atoms with Crippen molar-refractivity contribution in [2.75, 3.05) is 0 Å². The molecule has 0 heterocycles. The Bertz CT molecular complexity index is 116. The Balaban J connectivity index is -0.0000000184. The Morgan fingerprint density at radius 3 is 0.533 bits per heavy atom. The third kappa shape index (κ3) is 86000. The van der Waals surface area contributed by atoms with E-state index in [1.165, 1.54) is 0 Å². The second-order valence-corrected chi connectivity index (χ2v) is 2.25. The quantitative estimate of drug-likeness (QED) is 0.374. The maximum atomic E-state index is 8.52. The Labute approximate surface area is 109 Å². The number of rotatable bonds is 0. The second-order valence-electron chi connectivity index (χ2n) is 0.750. The van der Waals surface area contributed by atoms with Crippen LogP contribution >= 0.6 is 0 Å². The van der Waals surface area contributed by atoms with E-state index in [9.17, 15) is 0 Å². The minimum Gasteiger partial charge on any atom is -0.672 e. The van der Waals surface area contributed by atoms with Crippen molar-refractivity contribution in [1.82, 2.24) is 0 Å². The largest absolute Gasteiger partial charge is 3.00 e. The van der Waals surface area contributed by atoms with Crippen LogP contribution < -0.4 is 28.8 Å². The van der Waals surface area contributed by atoms with Crippen LogP contribution in [-0.4, -0.2) is 33.0 Å². The summed E-state index contributed by atoms with van der Waals surface area (Å²) < 4.78 is 25.6. The van der Waals surface area contributed by atoms with Crippen molar-refractivity contribution in [2.24, 2.45) is 0 Å². The molecule has 15 heteroatoms. The van der Waals surface area contributed by atoms with Gasteiger partial charge in [0.05, 0.1) is 0 Å². The van der Waals surface area contributed by atoms with E-state index in [-0.39, 0.29) is 39.6 Å². The van der Waals surface area contributed by atoms with Crippen LogP contribution in [0.5, 0.6) is 0 Å². The Hall–Kier alpha value is -0.150. The molecule has 0 saturated carbocycles. The first kappa shape index (κ1) is 36.4. The van der Waals surface area contributed by atoms with Crippen LogP contribution in [0.4, 0.5) is 0 Å². The van der Waals surface area contributed by atoms with Gasteiger partial charge in [-0.25, -0.2) is 0 Å². The summed E-state index contributed by atoms with van der Waals surface area (Å²) in [4.78, 5) is 51.1. The molecule has 10 nitrogen and oxygen atoms in total. The molecule has 0 bridgehead atoms. The summed E-state index contributed by atoms with van der Waals surface area (Å²) in [5.41, 5.74) is 0. The first-order valence-corrected chi connectivity index (χ1v) is 5.51. The third-order valence-corrected chi connectivity index (χ3v) is 0. The molecule has 15 heavy (non-hydrogen) atoms. The van der Waals surface area contributed by atoms with E-state index >= 15 is 0 Å². The Morgan fingerprint density at radius 1 is 0.533 bits per heavy atom. The van der Waals surface area contributed by atoms with Gasteiger partial charge >= 0.3 is 34.1 Å². The molecule has 2 radical (unpaired) electrons. The smallest absolute Gasteiger partial charge is 0.672 e. The van der Waals surface area contributed by atoms with Gasteiger partial charge in [0, 0.05) is 27.5 Å². The zero-order valence-corrected chi connectivity index (χ0v) is 11.6. The van der Waals surface area contributed by atoms with Crippen molar-refractivity contribution in [3.05, 3.63) is 0 Å². The minimum atomic E-state index is -3.63. The molecule has 0 saturated heterocycles. The van der Waals surface area contributed by atoms with Crippen LogP contribution in [0.2, 0.25) is 0 Å². The fraction of sp³-hybridized carbons (Fsp3) is 0. The van der Waals surface area contributed by atoms with E-state index in [1.807, 2.05) is 0 Å². The molecule has 0 fully saturated rings. The molecule has 0 aromatic heterocycles. The SMILES string of the molecule is O.O=[Si]([O-])[O-].O=[Si]([O-])[O-].O=[Si]([O-])[O-].[Fe+3].[Fe+3]. The van der Waals surface area contributed by atoms with Crippen LogP contribution in [0.25, 0.3) is 0 Å². The zero-order chi connectivity index (χ0) is 10.7. The van der Waals surface area contributed by atoms with Crippen LogP contribution in [-0.2, 0) is 47.5 Å². The first-order chi connectivity index (χ1) is 5.20. The van der Waals surface area contributed by atoms with Gasteiger partial charge in [-0.05, 0) is 0 Å². The predicted octanol–water partition coefficient (Wildman–Crippen LogP) is -9.46. The first-order valence-electron chi connectivity index (χ1n) is 1.84. The van der Waals surface area contributed by atoms with Gasteiger partial charge in [-0.2, -0.15) is 0 Å². The average Bonchev–Trinajstić information content (AvgIpc) is 1.54. The molecular formula is H2Fe2O10Si3. The van der Waals surface area contributed by atoms with E-state index in [1.54, 1.807) is 0 Å². The molecular weight excluding hydrogens is 356 g/mol. The Morgan fingerprint density at radius 2 is 0.533 bits per heavy atom. The van der Waals surface area contributed by atoms with Gasteiger partial charge in [0.2, 0.25) is 0 Å². The molecule has 0 spiro atoms. The monoisotopic (exact) mass is 358 g/mol. The topological polar surface area (TPSA) is 221 Å². The van der Waals surface area contributed by atoms with Gasteiger partial charge in [0.25, 0.3) is 0 Å². The maximum absolute atomic E-state index is 8.52. The van der Waals surface area contributed by atoms with Crippen LogP contribution in [0, 0.1) is 0 Å². The normalized spacial score (nSPS) is 4.80. The van der Waals surface area contributed by atoms with Crippen molar-refractivity contribution in [3.63, 3.8) is 0 Å². The fourth-order valence-corrected chi connectivity index (χ4v) is 0. The molecule has 0 aliphatic heterocycles. The summed E-state index contributed by atoms with van der Waals surface area (Å²) in [6.07, 6.45) is 0. The van der Waals surface area contributed by atoms with Gasteiger partial charge in [-0.1, -0.05) is 0 Å². The molecule has 2 N–H and O–H groups in total. The van der Waals surface area contributed by atoms with E-state index in [0.29, 0.717) is 0 Å². The molecule has 0 aromatic rings. The second kappa shape index (κ2) is 29.2. The van der Waals surface area contributed by atoms with E-state index in [4.69, 9.17) is 42.2 Å². The van der Waals surface area contributed by atoms with Gasteiger partial charge in [0.1, 0.15) is 0 Å². The molecule has 0 aliphatic carbocycles. The van der Waals surface area contributed by atoms with Crippen molar-refractivity contribution < 1.29 is 81.8 Å². The van der Waals surface area contributed by atoms with E-state index < -0.39 is 27.5 Å². The average molecular weight is 358 g/mol. The maximum Gasteiger partial charge on any atom is 3.00 e. The molecule has 0 atom stereocenters.